The van der Waals surface area contributed by atoms with Gasteiger partial charge in [0.25, 0.3) is 0 Å². The van der Waals surface area contributed by atoms with Crippen molar-refractivity contribution >= 4 is 37.1 Å². The van der Waals surface area contributed by atoms with E-state index in [4.69, 9.17) is 0 Å². The van der Waals surface area contributed by atoms with Gasteiger partial charge in [-0.15, -0.1) is 0 Å². The van der Waals surface area contributed by atoms with Crippen molar-refractivity contribution in [3.05, 3.63) is 190 Å². The zero-order chi connectivity index (χ0) is 35.6. The number of fused-ring (bicyclic) bond motifs is 2. The number of hydrogen-bond donors (Lipinski definition) is 2. The van der Waals surface area contributed by atoms with Crippen LogP contribution in [-0.4, -0.2) is 24.4 Å². The van der Waals surface area contributed by atoms with Gasteiger partial charge in [0.15, 0.2) is 0 Å². The van der Waals surface area contributed by atoms with Crippen molar-refractivity contribution < 1.29 is 0 Å². The van der Waals surface area contributed by atoms with Gasteiger partial charge in [0.2, 0.25) is 0 Å². The summed E-state index contributed by atoms with van der Waals surface area (Å²) in [4.78, 5) is 0. The van der Waals surface area contributed by atoms with Gasteiger partial charge in [-0.2, -0.15) is 0 Å². The van der Waals surface area contributed by atoms with Crippen LogP contribution in [0.2, 0.25) is 0 Å². The number of nitrogens with one attached hydrogen (secondary N) is 2. The third-order valence-corrected chi connectivity index (χ3v) is 16.4. The Kier molecular flexibility index (Phi) is 10.5. The maximum Gasteiger partial charge on any atom is 0.0523 e. The van der Waals surface area contributed by atoms with Crippen molar-refractivity contribution in [3.63, 3.8) is 0 Å². The molecule has 4 heteroatoms. The van der Waals surface area contributed by atoms with Gasteiger partial charge < -0.3 is 10.6 Å². The highest BCUT2D eigenvalue weighted by Crippen LogP contribution is 2.44. The highest BCUT2D eigenvalue weighted by Gasteiger charge is 2.38. The molecule has 4 atom stereocenters. The van der Waals surface area contributed by atoms with Gasteiger partial charge in [-0.3, -0.25) is 0 Å². The van der Waals surface area contributed by atoms with Crippen molar-refractivity contribution in [2.45, 2.75) is 64.7 Å². The van der Waals surface area contributed by atoms with Gasteiger partial charge in [-0.1, -0.05) is 168 Å². The molecule has 8 rings (SSSR count). The van der Waals surface area contributed by atoms with E-state index in [1.807, 2.05) is 0 Å². The molecule has 6 aromatic rings. The molecule has 0 saturated heterocycles. The molecule has 6 aromatic carbocycles. The Morgan fingerprint density at radius 3 is 1.00 bits per heavy atom. The Bertz CT molecular complexity index is 1860. The molecule has 52 heavy (non-hydrogen) atoms. The predicted molar refractivity (Wildman–Crippen MR) is 226 cm³/mol. The summed E-state index contributed by atoms with van der Waals surface area (Å²) in [5.74, 6) is 0. The summed E-state index contributed by atoms with van der Waals surface area (Å²) in [5, 5.41) is 14.5. The Morgan fingerprint density at radius 1 is 0.404 bits per heavy atom. The van der Waals surface area contributed by atoms with Gasteiger partial charge in [-0.05, 0) is 112 Å². The maximum atomic E-state index is 4.32. The van der Waals surface area contributed by atoms with Crippen molar-refractivity contribution in [1.82, 2.24) is 10.6 Å². The molecule has 0 saturated carbocycles. The molecule has 2 nitrogen and oxygen atoms in total. The van der Waals surface area contributed by atoms with Gasteiger partial charge in [0.1, 0.15) is 0 Å². The lowest BCUT2D eigenvalue weighted by atomic mass is 9.80. The van der Waals surface area contributed by atoms with Crippen molar-refractivity contribution in [2.75, 3.05) is 12.3 Å². The fourth-order valence-electron chi connectivity index (χ4n) is 8.23. The molecule has 0 spiro atoms. The first-order valence-corrected chi connectivity index (χ1v) is 21.9. The molecule has 2 heterocycles. The number of aryl methyl sites for hydroxylation is 4. The molecule has 262 valence electrons. The van der Waals surface area contributed by atoms with Crippen LogP contribution in [0.3, 0.4) is 0 Å². The van der Waals surface area contributed by atoms with Crippen LogP contribution < -0.4 is 31.9 Å². The molecular formula is C48H50N2P2. The molecule has 0 radical (unpaired) electrons. The molecule has 2 aliphatic rings. The normalized spacial score (nSPS) is 19.7. The SMILES string of the molecule is Cc1ccc(P(C[C@@H]2Cc3ccccc3[C@@H]([C@H]3N[C@H](CP(c4ccc(C)cc4)c4ccc(C)cc4)Cc4ccccc43)N2)c2ccc(C)cc2)cc1. The average molecular weight is 717 g/mol. The van der Waals surface area contributed by atoms with Crippen LogP contribution in [0.1, 0.15) is 56.6 Å². The standard InChI is InChI=1S/C48H50N2P2/c1-33-13-21-41(22-14-33)51(42-23-15-34(2)16-24-42)31-39-29-37-9-5-7-11-45(37)47(49-39)48-46-12-8-6-10-38(46)30-40(50-48)32-52(43-25-17-35(3)18-26-43)44-27-19-36(4)20-28-44/h5-28,39-40,47-50H,29-32H2,1-4H3/t39-,40-,47-,48-/m0/s1. The minimum atomic E-state index is -0.534. The summed E-state index contributed by atoms with van der Waals surface area (Å²) in [6.45, 7) is 8.76. The number of benzene rings is 6. The first-order valence-electron chi connectivity index (χ1n) is 18.9. The summed E-state index contributed by atoms with van der Waals surface area (Å²) in [5.41, 5.74) is 11.1. The lowest BCUT2D eigenvalue weighted by Crippen LogP contribution is -2.51. The fourth-order valence-corrected chi connectivity index (χ4v) is 13.1. The third-order valence-electron chi connectivity index (χ3n) is 11.1. The molecule has 0 fully saturated rings. The first-order chi connectivity index (χ1) is 25.4. The quantitative estimate of drug-likeness (QED) is 0.146. The average Bonchev–Trinajstić information content (AvgIpc) is 3.17. The molecule has 0 aliphatic carbocycles. The zero-order valence-corrected chi connectivity index (χ0v) is 32.7. The van der Waals surface area contributed by atoms with E-state index in [1.165, 1.54) is 65.7 Å². The predicted octanol–water partition coefficient (Wildman–Crippen LogP) is 9.00. The van der Waals surface area contributed by atoms with E-state index in [0.29, 0.717) is 12.1 Å². The zero-order valence-electron chi connectivity index (χ0n) is 30.9. The van der Waals surface area contributed by atoms with Gasteiger partial charge in [0, 0.05) is 12.1 Å². The largest absolute Gasteiger partial charge is 0.305 e. The second-order valence-corrected chi connectivity index (χ2v) is 19.6. The van der Waals surface area contributed by atoms with Crippen molar-refractivity contribution in [1.29, 1.82) is 0 Å². The smallest absolute Gasteiger partial charge is 0.0523 e. The highest BCUT2D eigenvalue weighted by atomic mass is 31.1. The van der Waals surface area contributed by atoms with E-state index in [2.05, 4.69) is 184 Å². The maximum absolute atomic E-state index is 4.32. The van der Waals surface area contributed by atoms with E-state index >= 15 is 0 Å². The Labute approximate surface area is 313 Å². The summed E-state index contributed by atoms with van der Waals surface area (Å²) in [6.07, 6.45) is 4.31. The van der Waals surface area contributed by atoms with Crippen molar-refractivity contribution in [3.8, 4) is 0 Å². The molecule has 0 bridgehead atoms. The first kappa shape index (κ1) is 35.1. The molecule has 0 unspecified atom stereocenters. The summed E-state index contributed by atoms with van der Waals surface area (Å²) in [6, 6.07) is 56.9. The monoisotopic (exact) mass is 716 g/mol. The lowest BCUT2D eigenvalue weighted by Gasteiger charge is -2.44. The minimum Gasteiger partial charge on any atom is -0.305 e. The molecule has 0 aromatic heterocycles. The second-order valence-electron chi connectivity index (χ2n) is 15.1. The molecular weight excluding hydrogens is 666 g/mol. The number of hydrogen-bond acceptors (Lipinski definition) is 2. The van der Waals surface area contributed by atoms with Gasteiger partial charge >= 0.3 is 0 Å². The second kappa shape index (κ2) is 15.6. The highest BCUT2D eigenvalue weighted by molar-refractivity contribution is 7.73. The van der Waals surface area contributed by atoms with E-state index in [9.17, 15) is 0 Å². The van der Waals surface area contributed by atoms with Crippen LogP contribution in [0.15, 0.2) is 146 Å². The van der Waals surface area contributed by atoms with E-state index in [0.717, 1.165) is 25.2 Å². The summed E-state index contributed by atoms with van der Waals surface area (Å²) >= 11 is 0. The van der Waals surface area contributed by atoms with Crippen LogP contribution in [0.25, 0.3) is 0 Å². The van der Waals surface area contributed by atoms with Gasteiger partial charge in [0.05, 0.1) is 12.1 Å². The van der Waals surface area contributed by atoms with Gasteiger partial charge in [-0.25, -0.2) is 0 Å². The van der Waals surface area contributed by atoms with E-state index in [1.54, 1.807) is 0 Å². The minimum absolute atomic E-state index is 0.178. The van der Waals surface area contributed by atoms with Crippen LogP contribution in [0, 0.1) is 27.7 Å². The van der Waals surface area contributed by atoms with E-state index in [-0.39, 0.29) is 12.1 Å². The number of rotatable bonds is 9. The Hall–Kier alpha value is -3.90. The third kappa shape index (κ3) is 7.74. The summed E-state index contributed by atoms with van der Waals surface area (Å²) in [7, 11) is -1.07. The fraction of sp³-hybridized carbons (Fsp3) is 0.250. The van der Waals surface area contributed by atoms with Crippen LogP contribution in [-0.2, 0) is 12.8 Å². The Morgan fingerprint density at radius 2 is 0.692 bits per heavy atom. The van der Waals surface area contributed by atoms with Crippen molar-refractivity contribution in [2.24, 2.45) is 0 Å². The van der Waals surface area contributed by atoms with Crippen LogP contribution >= 0.6 is 15.8 Å². The topological polar surface area (TPSA) is 24.1 Å². The van der Waals surface area contributed by atoms with Crippen LogP contribution in [0.4, 0.5) is 0 Å². The molecule has 2 aliphatic heterocycles. The van der Waals surface area contributed by atoms with Crippen LogP contribution in [0.5, 0.6) is 0 Å². The lowest BCUT2D eigenvalue weighted by molar-refractivity contribution is 0.300. The Balaban J connectivity index is 1.13. The molecule has 2 N–H and O–H groups in total. The van der Waals surface area contributed by atoms with E-state index < -0.39 is 15.8 Å². The summed E-state index contributed by atoms with van der Waals surface area (Å²) < 4.78 is 0. The molecule has 0 amide bonds.